The van der Waals surface area contributed by atoms with E-state index in [-0.39, 0.29) is 29.0 Å². The van der Waals surface area contributed by atoms with Gasteiger partial charge in [-0.15, -0.1) is 0 Å². The molecule has 0 saturated carbocycles. The predicted molar refractivity (Wildman–Crippen MR) is 122 cm³/mol. The van der Waals surface area contributed by atoms with Gasteiger partial charge in [0.05, 0.1) is 5.39 Å². The largest absolute Gasteiger partial charge is 0.481 e. The van der Waals surface area contributed by atoms with Crippen molar-refractivity contribution in [2.24, 2.45) is 0 Å². The molecular formula is C27H25FO3. The summed E-state index contributed by atoms with van der Waals surface area (Å²) in [6, 6.07) is 19.5. The standard InChI is InChI=1S/C27H25FO3/c1-17-5-14-23-22(15-17)24(29)26(30-16-18-6-12-21(28)13-7-18)25(31-23)19-8-10-20(11-9-19)27(2,3)4/h5-15H,16H2,1-4H3. The van der Waals surface area contributed by atoms with E-state index < -0.39 is 0 Å². The second-order valence-corrected chi connectivity index (χ2v) is 8.83. The summed E-state index contributed by atoms with van der Waals surface area (Å²) in [4.78, 5) is 13.3. The quantitative estimate of drug-likeness (QED) is 0.368. The van der Waals surface area contributed by atoms with E-state index in [1.165, 1.54) is 17.7 Å². The molecule has 3 nitrogen and oxygen atoms in total. The van der Waals surface area contributed by atoms with Gasteiger partial charge in [-0.1, -0.05) is 68.8 Å². The van der Waals surface area contributed by atoms with Crippen molar-refractivity contribution in [2.75, 3.05) is 0 Å². The molecule has 0 unspecified atom stereocenters. The second-order valence-electron chi connectivity index (χ2n) is 8.83. The van der Waals surface area contributed by atoms with E-state index in [0.29, 0.717) is 16.7 Å². The molecule has 0 aliphatic carbocycles. The lowest BCUT2D eigenvalue weighted by Gasteiger charge is -2.19. The third-order valence-corrected chi connectivity index (χ3v) is 5.31. The highest BCUT2D eigenvalue weighted by atomic mass is 19.1. The number of fused-ring (bicyclic) bond motifs is 1. The molecule has 1 aromatic heterocycles. The minimum Gasteiger partial charge on any atom is -0.481 e. The van der Waals surface area contributed by atoms with Gasteiger partial charge < -0.3 is 9.15 Å². The van der Waals surface area contributed by atoms with Gasteiger partial charge in [0.25, 0.3) is 0 Å². The molecule has 31 heavy (non-hydrogen) atoms. The molecule has 0 aliphatic rings. The molecule has 4 aromatic rings. The molecule has 4 rings (SSSR count). The predicted octanol–water partition coefficient (Wildman–Crippen LogP) is 6.78. The maximum atomic E-state index is 13.3. The third kappa shape index (κ3) is 4.38. The monoisotopic (exact) mass is 416 g/mol. The zero-order valence-corrected chi connectivity index (χ0v) is 18.2. The van der Waals surface area contributed by atoms with Crippen LogP contribution in [0.2, 0.25) is 0 Å². The molecule has 1 heterocycles. The van der Waals surface area contributed by atoms with Gasteiger partial charge in [-0.25, -0.2) is 4.39 Å². The van der Waals surface area contributed by atoms with Crippen molar-refractivity contribution >= 4 is 11.0 Å². The maximum absolute atomic E-state index is 13.3. The fourth-order valence-electron chi connectivity index (χ4n) is 3.47. The van der Waals surface area contributed by atoms with Gasteiger partial charge >= 0.3 is 0 Å². The summed E-state index contributed by atoms with van der Waals surface area (Å²) in [6.45, 7) is 8.51. The molecule has 0 fully saturated rings. The van der Waals surface area contributed by atoms with E-state index >= 15 is 0 Å². The van der Waals surface area contributed by atoms with Crippen molar-refractivity contribution in [2.45, 2.75) is 39.7 Å². The average Bonchev–Trinajstić information content (AvgIpc) is 2.74. The number of rotatable bonds is 4. The zero-order chi connectivity index (χ0) is 22.2. The summed E-state index contributed by atoms with van der Waals surface area (Å²) in [5, 5.41) is 0.476. The lowest BCUT2D eigenvalue weighted by Crippen LogP contribution is -2.11. The first-order chi connectivity index (χ1) is 14.7. The molecule has 0 radical (unpaired) electrons. The van der Waals surface area contributed by atoms with Gasteiger partial charge in [0.2, 0.25) is 11.2 Å². The Morgan fingerprint density at radius 1 is 0.935 bits per heavy atom. The smallest absolute Gasteiger partial charge is 0.235 e. The summed E-state index contributed by atoms with van der Waals surface area (Å²) in [6.07, 6.45) is 0. The van der Waals surface area contributed by atoms with Gasteiger partial charge in [-0.2, -0.15) is 0 Å². The molecule has 0 aliphatic heterocycles. The average molecular weight is 416 g/mol. The normalized spacial score (nSPS) is 11.6. The van der Waals surface area contributed by atoms with Crippen LogP contribution in [0, 0.1) is 12.7 Å². The molecule has 0 spiro atoms. The lowest BCUT2D eigenvalue weighted by molar-refractivity contribution is 0.297. The Bertz CT molecular complexity index is 1280. The van der Waals surface area contributed by atoms with Crippen molar-refractivity contribution in [1.29, 1.82) is 0 Å². The first kappa shape index (κ1) is 20.9. The lowest BCUT2D eigenvalue weighted by atomic mass is 9.86. The van der Waals surface area contributed by atoms with E-state index in [4.69, 9.17) is 9.15 Å². The Hall–Kier alpha value is -3.40. The van der Waals surface area contributed by atoms with E-state index in [1.54, 1.807) is 18.2 Å². The Kier molecular flexibility index (Phi) is 5.40. The molecule has 3 aromatic carbocycles. The zero-order valence-electron chi connectivity index (χ0n) is 18.2. The van der Waals surface area contributed by atoms with E-state index in [2.05, 4.69) is 20.8 Å². The Morgan fingerprint density at radius 3 is 2.26 bits per heavy atom. The molecule has 0 atom stereocenters. The topological polar surface area (TPSA) is 39.4 Å². The van der Waals surface area contributed by atoms with Gasteiger partial charge in [-0.3, -0.25) is 4.79 Å². The van der Waals surface area contributed by atoms with Crippen LogP contribution in [0.15, 0.2) is 75.9 Å². The van der Waals surface area contributed by atoms with E-state index in [0.717, 1.165) is 16.7 Å². The van der Waals surface area contributed by atoms with Crippen LogP contribution in [-0.4, -0.2) is 0 Å². The Balaban J connectivity index is 1.82. The van der Waals surface area contributed by atoms with Gasteiger partial charge in [0.15, 0.2) is 5.76 Å². The van der Waals surface area contributed by atoms with E-state index in [9.17, 15) is 9.18 Å². The molecule has 0 saturated heterocycles. The molecule has 158 valence electrons. The van der Waals surface area contributed by atoms with Crippen LogP contribution in [0.25, 0.3) is 22.3 Å². The molecule has 4 heteroatoms. The summed E-state index contributed by atoms with van der Waals surface area (Å²) in [5.41, 5.74) is 3.99. The first-order valence-corrected chi connectivity index (χ1v) is 10.3. The Labute approximate surface area is 181 Å². The number of hydrogen-bond acceptors (Lipinski definition) is 3. The van der Waals surface area contributed by atoms with Crippen molar-refractivity contribution in [3.05, 3.63) is 99.5 Å². The summed E-state index contributed by atoms with van der Waals surface area (Å²) >= 11 is 0. The third-order valence-electron chi connectivity index (χ3n) is 5.31. The van der Waals surface area contributed by atoms with Crippen molar-refractivity contribution in [1.82, 2.24) is 0 Å². The fourth-order valence-corrected chi connectivity index (χ4v) is 3.47. The molecular weight excluding hydrogens is 391 g/mol. The van der Waals surface area contributed by atoms with Crippen molar-refractivity contribution < 1.29 is 13.5 Å². The number of aryl methyl sites for hydroxylation is 1. The number of halogens is 1. The van der Waals surface area contributed by atoms with Crippen molar-refractivity contribution in [3.8, 4) is 17.1 Å². The second kappa shape index (κ2) is 8.03. The minimum atomic E-state index is -0.316. The van der Waals surface area contributed by atoms with Gasteiger partial charge in [0, 0.05) is 5.56 Å². The highest BCUT2D eigenvalue weighted by molar-refractivity contribution is 5.82. The van der Waals surface area contributed by atoms with Crippen LogP contribution >= 0.6 is 0 Å². The highest BCUT2D eigenvalue weighted by Gasteiger charge is 2.19. The number of ether oxygens (including phenoxy) is 1. The number of hydrogen-bond donors (Lipinski definition) is 0. The SMILES string of the molecule is Cc1ccc2oc(-c3ccc(C(C)(C)C)cc3)c(OCc3ccc(F)cc3)c(=O)c2c1. The van der Waals surface area contributed by atoms with E-state index in [1.807, 2.05) is 43.3 Å². The van der Waals surface area contributed by atoms with Crippen molar-refractivity contribution in [3.63, 3.8) is 0 Å². The fraction of sp³-hybridized carbons (Fsp3) is 0.222. The van der Waals surface area contributed by atoms with Gasteiger partial charge in [0.1, 0.15) is 18.0 Å². The maximum Gasteiger partial charge on any atom is 0.235 e. The molecule has 0 N–H and O–H groups in total. The highest BCUT2D eigenvalue weighted by Crippen LogP contribution is 2.33. The summed E-state index contributed by atoms with van der Waals surface area (Å²) in [7, 11) is 0. The van der Waals surface area contributed by atoms with Crippen LogP contribution in [0.4, 0.5) is 4.39 Å². The Morgan fingerprint density at radius 2 is 1.61 bits per heavy atom. The van der Waals surface area contributed by atoms with Crippen LogP contribution < -0.4 is 10.2 Å². The minimum absolute atomic E-state index is 0.0161. The molecule has 0 bridgehead atoms. The van der Waals surface area contributed by atoms with Crippen LogP contribution in [-0.2, 0) is 12.0 Å². The van der Waals surface area contributed by atoms with Crippen LogP contribution in [0.1, 0.15) is 37.5 Å². The van der Waals surface area contributed by atoms with Crippen LogP contribution in [0.5, 0.6) is 5.75 Å². The first-order valence-electron chi connectivity index (χ1n) is 10.3. The van der Waals surface area contributed by atoms with Gasteiger partial charge in [-0.05, 0) is 47.7 Å². The molecule has 0 amide bonds. The summed E-state index contributed by atoms with van der Waals surface area (Å²) < 4.78 is 25.4. The summed E-state index contributed by atoms with van der Waals surface area (Å²) in [5.74, 6) is 0.235. The van der Waals surface area contributed by atoms with Crippen LogP contribution in [0.3, 0.4) is 0 Å². The number of benzene rings is 3.